The molecule has 2 aromatic carbocycles. The topological polar surface area (TPSA) is 84.0 Å². The lowest BCUT2D eigenvalue weighted by atomic mass is 10.1. The molecule has 2 N–H and O–H groups in total. The smallest absolute Gasteiger partial charge is 0.229 e. The molecule has 4 rings (SSSR count). The molecule has 162 valence electrons. The summed E-state index contributed by atoms with van der Waals surface area (Å²) in [5.74, 6) is 0. The Morgan fingerprint density at radius 1 is 0.656 bits per heavy atom. The minimum Gasteiger partial charge on any atom is -0.385 e. The molecule has 7 heteroatoms. The molecule has 0 saturated heterocycles. The molecule has 2 heterocycles. The number of rotatable bonds is 7. The number of anilines is 2. The first-order chi connectivity index (χ1) is 15.4. The van der Waals surface area contributed by atoms with E-state index in [9.17, 15) is 8.42 Å². The summed E-state index contributed by atoms with van der Waals surface area (Å²) in [6.45, 7) is 2.88. The number of hydrogen-bond donors (Lipinski definition) is 2. The Kier molecular flexibility index (Phi) is 6.18. The molecule has 32 heavy (non-hydrogen) atoms. The summed E-state index contributed by atoms with van der Waals surface area (Å²) in [6, 6.07) is 26.8. The third-order valence-electron chi connectivity index (χ3n) is 4.83. The van der Waals surface area contributed by atoms with Crippen molar-refractivity contribution in [3.63, 3.8) is 0 Å². The molecule has 0 spiro atoms. The predicted octanol–water partition coefficient (Wildman–Crippen LogP) is 5.28. The van der Waals surface area contributed by atoms with Gasteiger partial charge in [-0.15, -0.1) is 0 Å². The van der Waals surface area contributed by atoms with Crippen LogP contribution >= 0.6 is 0 Å². The maximum atomic E-state index is 11.8. The second-order valence-corrected chi connectivity index (χ2v) is 9.06. The highest BCUT2D eigenvalue weighted by Gasteiger charge is 2.12. The number of benzene rings is 2. The van der Waals surface area contributed by atoms with E-state index in [-0.39, 0.29) is 0 Å². The summed E-state index contributed by atoms with van der Waals surface area (Å²) in [7, 11) is -3.41. The molecule has 0 bridgehead atoms. The Hall–Kier alpha value is -3.71. The first kappa shape index (κ1) is 21.5. The molecule has 6 nitrogen and oxygen atoms in total. The Labute approximate surface area is 188 Å². The van der Waals surface area contributed by atoms with Crippen molar-refractivity contribution in [2.75, 3.05) is 22.8 Å². The van der Waals surface area contributed by atoms with Gasteiger partial charge in [-0.2, -0.15) is 0 Å². The molecular formula is C25H24N4O2S. The van der Waals surface area contributed by atoms with E-state index in [1.807, 2.05) is 72.8 Å². The first-order valence-corrected chi connectivity index (χ1v) is 12.2. The van der Waals surface area contributed by atoms with Crippen LogP contribution in [0, 0.1) is 0 Å². The molecule has 0 aliphatic heterocycles. The highest BCUT2D eigenvalue weighted by atomic mass is 32.2. The van der Waals surface area contributed by atoms with Gasteiger partial charge < -0.3 is 5.32 Å². The number of aromatic nitrogens is 2. The van der Waals surface area contributed by atoms with E-state index >= 15 is 0 Å². The van der Waals surface area contributed by atoms with Gasteiger partial charge in [0.2, 0.25) is 10.0 Å². The van der Waals surface area contributed by atoms with Crippen molar-refractivity contribution >= 4 is 21.4 Å². The third-order valence-corrected chi connectivity index (χ3v) is 5.42. The Morgan fingerprint density at radius 2 is 1.12 bits per heavy atom. The van der Waals surface area contributed by atoms with Crippen LogP contribution in [-0.2, 0) is 10.0 Å². The molecule has 0 unspecified atom stereocenters. The van der Waals surface area contributed by atoms with Gasteiger partial charge in [-0.1, -0.05) is 48.5 Å². The number of para-hydroxylation sites is 2. The molecule has 0 radical (unpaired) electrons. The molecule has 0 saturated carbocycles. The van der Waals surface area contributed by atoms with Crippen LogP contribution < -0.4 is 10.0 Å². The maximum Gasteiger partial charge on any atom is 0.229 e. The summed E-state index contributed by atoms with van der Waals surface area (Å²) in [5.41, 5.74) is 6.20. The van der Waals surface area contributed by atoms with Crippen molar-refractivity contribution in [1.29, 1.82) is 0 Å². The maximum absolute atomic E-state index is 11.8. The molecular weight excluding hydrogens is 420 g/mol. The number of nitrogens with one attached hydrogen (secondary N) is 2. The lowest BCUT2D eigenvalue weighted by molar-refractivity contribution is 0.607. The second-order valence-electron chi connectivity index (χ2n) is 7.31. The third kappa shape index (κ3) is 4.95. The fraction of sp³-hybridized carbons (Fsp3) is 0.120. The summed E-state index contributed by atoms with van der Waals surface area (Å²) in [5, 5.41) is 3.38. The van der Waals surface area contributed by atoms with Crippen LogP contribution in [-0.4, -0.2) is 31.2 Å². The average molecular weight is 445 g/mol. The highest BCUT2D eigenvalue weighted by Crippen LogP contribution is 2.31. The minimum atomic E-state index is -3.41. The average Bonchev–Trinajstić information content (AvgIpc) is 2.79. The van der Waals surface area contributed by atoms with Gasteiger partial charge in [0.05, 0.1) is 34.7 Å². The van der Waals surface area contributed by atoms with Crippen LogP contribution in [0.1, 0.15) is 6.92 Å². The van der Waals surface area contributed by atoms with Gasteiger partial charge in [-0.25, -0.2) is 18.4 Å². The largest absolute Gasteiger partial charge is 0.385 e. The summed E-state index contributed by atoms with van der Waals surface area (Å²) < 4.78 is 26.1. The SMILES string of the molecule is CCNc1ccccc1-c1cccc(-c2cccc(-c3ccccc3NS(C)(=O)=O)n2)n1. The van der Waals surface area contributed by atoms with Crippen molar-refractivity contribution in [3.8, 4) is 33.9 Å². The zero-order valence-electron chi connectivity index (χ0n) is 17.9. The Morgan fingerprint density at radius 3 is 1.66 bits per heavy atom. The number of hydrogen-bond acceptors (Lipinski definition) is 5. The van der Waals surface area contributed by atoms with E-state index in [1.54, 1.807) is 12.1 Å². The standard InChI is InChI=1S/C25H24N4O2S/c1-3-26-20-12-6-4-10-18(20)21-14-8-16-24(27-21)25-17-9-15-22(28-25)19-11-5-7-13-23(19)29-32(2,30)31/h4-17,26,29H,3H2,1-2H3. The lowest BCUT2D eigenvalue weighted by Crippen LogP contribution is -2.10. The quantitative estimate of drug-likeness (QED) is 0.405. The van der Waals surface area contributed by atoms with Gasteiger partial charge in [0.25, 0.3) is 0 Å². The molecule has 4 aromatic rings. The van der Waals surface area contributed by atoms with E-state index in [0.717, 1.165) is 35.4 Å². The normalized spacial score (nSPS) is 11.2. The van der Waals surface area contributed by atoms with Gasteiger partial charge in [0.1, 0.15) is 0 Å². The van der Waals surface area contributed by atoms with Crippen molar-refractivity contribution in [2.24, 2.45) is 0 Å². The first-order valence-electron chi connectivity index (χ1n) is 10.3. The van der Waals surface area contributed by atoms with Crippen molar-refractivity contribution in [2.45, 2.75) is 6.92 Å². The van der Waals surface area contributed by atoms with Crippen LogP contribution in [0.4, 0.5) is 11.4 Å². The van der Waals surface area contributed by atoms with E-state index in [0.29, 0.717) is 22.6 Å². The van der Waals surface area contributed by atoms with Gasteiger partial charge in [0.15, 0.2) is 0 Å². The number of nitrogens with zero attached hydrogens (tertiary/aromatic N) is 2. The van der Waals surface area contributed by atoms with E-state index in [1.165, 1.54) is 0 Å². The Balaban J connectivity index is 1.74. The van der Waals surface area contributed by atoms with Crippen LogP contribution in [0.25, 0.3) is 33.9 Å². The predicted molar refractivity (Wildman–Crippen MR) is 131 cm³/mol. The van der Waals surface area contributed by atoms with E-state index in [4.69, 9.17) is 9.97 Å². The number of sulfonamides is 1. The molecule has 0 aliphatic rings. The Bertz CT molecular complexity index is 1350. The fourth-order valence-corrected chi connectivity index (χ4v) is 4.08. The van der Waals surface area contributed by atoms with Crippen LogP contribution in [0.5, 0.6) is 0 Å². The molecule has 0 amide bonds. The van der Waals surface area contributed by atoms with Gasteiger partial charge in [0, 0.05) is 23.4 Å². The van der Waals surface area contributed by atoms with Crippen molar-refractivity contribution in [3.05, 3.63) is 84.9 Å². The molecule has 0 atom stereocenters. The number of pyridine rings is 2. The van der Waals surface area contributed by atoms with Crippen molar-refractivity contribution in [1.82, 2.24) is 9.97 Å². The van der Waals surface area contributed by atoms with Crippen molar-refractivity contribution < 1.29 is 8.42 Å². The van der Waals surface area contributed by atoms with Gasteiger partial charge in [-0.05, 0) is 43.3 Å². The minimum absolute atomic E-state index is 0.487. The second kappa shape index (κ2) is 9.20. The van der Waals surface area contributed by atoms with Crippen LogP contribution in [0.2, 0.25) is 0 Å². The van der Waals surface area contributed by atoms with Gasteiger partial charge in [-0.3, -0.25) is 4.72 Å². The summed E-state index contributed by atoms with van der Waals surface area (Å²) in [6.07, 6.45) is 1.13. The monoisotopic (exact) mass is 444 g/mol. The highest BCUT2D eigenvalue weighted by molar-refractivity contribution is 7.92. The molecule has 2 aromatic heterocycles. The zero-order valence-corrected chi connectivity index (χ0v) is 18.7. The lowest BCUT2D eigenvalue weighted by Gasteiger charge is -2.12. The molecule has 0 aliphatic carbocycles. The molecule has 0 fully saturated rings. The van der Waals surface area contributed by atoms with Gasteiger partial charge >= 0.3 is 0 Å². The van der Waals surface area contributed by atoms with E-state index < -0.39 is 10.0 Å². The summed E-state index contributed by atoms with van der Waals surface area (Å²) >= 11 is 0. The van der Waals surface area contributed by atoms with Crippen LogP contribution in [0.3, 0.4) is 0 Å². The zero-order chi connectivity index (χ0) is 22.6. The fourth-order valence-electron chi connectivity index (χ4n) is 3.50. The van der Waals surface area contributed by atoms with Crippen LogP contribution in [0.15, 0.2) is 84.9 Å². The van der Waals surface area contributed by atoms with E-state index in [2.05, 4.69) is 17.0 Å². The summed E-state index contributed by atoms with van der Waals surface area (Å²) in [4.78, 5) is 9.64.